The highest BCUT2D eigenvalue weighted by Crippen LogP contribution is 2.49. The molecule has 2 aliphatic carbocycles. The number of likely N-dealkylation sites (tertiary alicyclic amines) is 1. The molecule has 4 heteroatoms. The molecular formula is C17H27NO3. The molecule has 1 N–H and O–H groups in total. The molecule has 3 rings (SSSR count). The quantitative estimate of drug-likeness (QED) is 0.870. The molecule has 1 heterocycles. The summed E-state index contributed by atoms with van der Waals surface area (Å²) in [4.78, 5) is 26.1. The van der Waals surface area contributed by atoms with Gasteiger partial charge in [-0.2, -0.15) is 0 Å². The monoisotopic (exact) mass is 293 g/mol. The average molecular weight is 293 g/mol. The van der Waals surface area contributed by atoms with E-state index in [9.17, 15) is 14.7 Å². The Labute approximate surface area is 126 Å². The van der Waals surface area contributed by atoms with Crippen molar-refractivity contribution in [1.29, 1.82) is 0 Å². The molecule has 1 amide bonds. The Morgan fingerprint density at radius 2 is 2.05 bits per heavy atom. The second-order valence-electron chi connectivity index (χ2n) is 7.67. The maximum absolute atomic E-state index is 12.5. The largest absolute Gasteiger partial charge is 0.481 e. The summed E-state index contributed by atoms with van der Waals surface area (Å²) in [6, 6.07) is 0. The van der Waals surface area contributed by atoms with Crippen LogP contribution in [-0.2, 0) is 9.59 Å². The van der Waals surface area contributed by atoms with Crippen LogP contribution in [0.5, 0.6) is 0 Å². The number of hydrogen-bond donors (Lipinski definition) is 1. The molecule has 3 fully saturated rings. The highest BCUT2D eigenvalue weighted by Gasteiger charge is 2.55. The lowest BCUT2D eigenvalue weighted by Crippen LogP contribution is -2.37. The van der Waals surface area contributed by atoms with Gasteiger partial charge in [-0.15, -0.1) is 0 Å². The van der Waals surface area contributed by atoms with Gasteiger partial charge in [0.15, 0.2) is 0 Å². The van der Waals surface area contributed by atoms with E-state index in [0.29, 0.717) is 25.4 Å². The summed E-state index contributed by atoms with van der Waals surface area (Å²) in [5.41, 5.74) is -0.629. The third-order valence-corrected chi connectivity index (χ3v) is 6.16. The van der Waals surface area contributed by atoms with Crippen LogP contribution >= 0.6 is 0 Å². The van der Waals surface area contributed by atoms with Crippen molar-refractivity contribution in [2.24, 2.45) is 23.2 Å². The maximum Gasteiger partial charge on any atom is 0.311 e. The van der Waals surface area contributed by atoms with Crippen molar-refractivity contribution in [2.75, 3.05) is 13.1 Å². The van der Waals surface area contributed by atoms with Crippen molar-refractivity contribution in [3.05, 3.63) is 0 Å². The summed E-state index contributed by atoms with van der Waals surface area (Å²) >= 11 is 0. The van der Waals surface area contributed by atoms with E-state index in [4.69, 9.17) is 0 Å². The molecule has 0 aromatic heterocycles. The summed E-state index contributed by atoms with van der Waals surface area (Å²) in [7, 11) is 0. The molecule has 1 saturated heterocycles. The van der Waals surface area contributed by atoms with Crippen molar-refractivity contribution in [3.63, 3.8) is 0 Å². The zero-order valence-electron chi connectivity index (χ0n) is 13.0. The number of carbonyl (C=O) groups is 2. The van der Waals surface area contributed by atoms with Crippen molar-refractivity contribution in [3.8, 4) is 0 Å². The first-order valence-corrected chi connectivity index (χ1v) is 8.52. The van der Waals surface area contributed by atoms with Crippen molar-refractivity contribution in [1.82, 2.24) is 4.90 Å². The Hall–Kier alpha value is -1.06. The molecule has 0 aromatic carbocycles. The number of nitrogens with zero attached hydrogens (tertiary/aromatic N) is 1. The summed E-state index contributed by atoms with van der Waals surface area (Å²) in [5.74, 6) is 0.947. The van der Waals surface area contributed by atoms with Gasteiger partial charge in [0, 0.05) is 19.5 Å². The van der Waals surface area contributed by atoms with Gasteiger partial charge >= 0.3 is 5.97 Å². The molecule has 0 radical (unpaired) electrons. The molecule has 4 nitrogen and oxygen atoms in total. The van der Waals surface area contributed by atoms with Gasteiger partial charge in [-0.05, 0) is 43.4 Å². The van der Waals surface area contributed by atoms with E-state index in [-0.39, 0.29) is 11.8 Å². The van der Waals surface area contributed by atoms with Crippen LogP contribution in [0.2, 0.25) is 0 Å². The molecule has 4 atom stereocenters. The second-order valence-corrected chi connectivity index (χ2v) is 7.67. The number of aliphatic carboxylic acids is 1. The van der Waals surface area contributed by atoms with Gasteiger partial charge in [0.1, 0.15) is 0 Å². The van der Waals surface area contributed by atoms with Gasteiger partial charge in [0.2, 0.25) is 5.91 Å². The Balaban J connectivity index is 1.60. The minimum Gasteiger partial charge on any atom is -0.481 e. The second kappa shape index (κ2) is 5.62. The molecule has 2 saturated carbocycles. The molecule has 118 valence electrons. The minimum absolute atomic E-state index is 0.184. The number of hydrogen-bond acceptors (Lipinski definition) is 2. The Morgan fingerprint density at radius 3 is 2.71 bits per heavy atom. The molecule has 0 spiro atoms. The first-order chi connectivity index (χ1) is 10.0. The number of fused-ring (bicyclic) bond motifs is 1. The number of carbonyl (C=O) groups excluding carboxylic acids is 1. The Bertz CT molecular complexity index is 436. The molecule has 0 aromatic rings. The van der Waals surface area contributed by atoms with Crippen LogP contribution in [-0.4, -0.2) is 35.0 Å². The third kappa shape index (κ3) is 2.69. The molecule has 0 bridgehead atoms. The zero-order valence-corrected chi connectivity index (χ0v) is 13.0. The van der Waals surface area contributed by atoms with Crippen LogP contribution in [0.4, 0.5) is 0 Å². The lowest BCUT2D eigenvalue weighted by atomic mass is 9.80. The van der Waals surface area contributed by atoms with Crippen molar-refractivity contribution >= 4 is 11.9 Å². The first-order valence-electron chi connectivity index (χ1n) is 8.52. The zero-order chi connectivity index (χ0) is 15.0. The normalized spacial score (nSPS) is 39.3. The summed E-state index contributed by atoms with van der Waals surface area (Å²) < 4.78 is 0. The SMILES string of the molecule is CC1CCCC(CC(=O)N2C[C@@H]3CCC[C@@]3(C(=O)O)C2)C1. The summed E-state index contributed by atoms with van der Waals surface area (Å²) in [6.07, 6.45) is 8.20. The highest BCUT2D eigenvalue weighted by molar-refractivity contribution is 5.81. The maximum atomic E-state index is 12.5. The van der Waals surface area contributed by atoms with Gasteiger partial charge < -0.3 is 10.0 Å². The van der Waals surface area contributed by atoms with E-state index < -0.39 is 11.4 Å². The summed E-state index contributed by atoms with van der Waals surface area (Å²) in [5, 5.41) is 9.59. The van der Waals surface area contributed by atoms with E-state index in [0.717, 1.165) is 38.0 Å². The third-order valence-electron chi connectivity index (χ3n) is 6.16. The predicted molar refractivity (Wildman–Crippen MR) is 79.7 cm³/mol. The molecular weight excluding hydrogens is 266 g/mol. The topological polar surface area (TPSA) is 57.6 Å². The number of rotatable bonds is 3. The standard InChI is InChI=1S/C17H27NO3/c1-12-4-2-5-13(8-12)9-15(19)18-10-14-6-3-7-17(14,11-18)16(20)21/h12-14H,2-11H2,1H3,(H,20,21)/t12?,13?,14-,17+/m0/s1. The van der Waals surface area contributed by atoms with Crippen molar-refractivity contribution in [2.45, 2.75) is 58.3 Å². The molecule has 2 unspecified atom stereocenters. The smallest absolute Gasteiger partial charge is 0.311 e. The number of amides is 1. The lowest BCUT2D eigenvalue weighted by Gasteiger charge is -2.28. The molecule has 21 heavy (non-hydrogen) atoms. The average Bonchev–Trinajstić information content (AvgIpc) is 2.95. The first kappa shape index (κ1) is 14.9. The van der Waals surface area contributed by atoms with Crippen LogP contribution in [0.25, 0.3) is 0 Å². The van der Waals surface area contributed by atoms with E-state index in [1.54, 1.807) is 0 Å². The van der Waals surface area contributed by atoms with Crippen LogP contribution in [0.1, 0.15) is 58.3 Å². The Kier molecular flexibility index (Phi) is 3.98. The van der Waals surface area contributed by atoms with Crippen LogP contribution in [0, 0.1) is 23.2 Å². The predicted octanol–water partition coefficient (Wildman–Crippen LogP) is 2.92. The van der Waals surface area contributed by atoms with Gasteiger partial charge in [-0.1, -0.05) is 26.2 Å². The van der Waals surface area contributed by atoms with Gasteiger partial charge in [0.25, 0.3) is 0 Å². The van der Waals surface area contributed by atoms with Gasteiger partial charge in [0.05, 0.1) is 5.41 Å². The highest BCUT2D eigenvalue weighted by atomic mass is 16.4. The van der Waals surface area contributed by atoms with E-state index >= 15 is 0 Å². The minimum atomic E-state index is -0.688. The Morgan fingerprint density at radius 1 is 1.24 bits per heavy atom. The molecule has 1 aliphatic heterocycles. The van der Waals surface area contributed by atoms with Crippen molar-refractivity contribution < 1.29 is 14.7 Å². The fourth-order valence-electron chi connectivity index (χ4n) is 4.95. The number of carboxylic acid groups (broad SMARTS) is 1. The van der Waals surface area contributed by atoms with Crippen LogP contribution in [0.15, 0.2) is 0 Å². The fourth-order valence-corrected chi connectivity index (χ4v) is 4.95. The lowest BCUT2D eigenvalue weighted by molar-refractivity contribution is -0.149. The van der Waals surface area contributed by atoms with E-state index in [2.05, 4.69) is 6.92 Å². The van der Waals surface area contributed by atoms with E-state index in [1.165, 1.54) is 12.8 Å². The fraction of sp³-hybridized carbons (Fsp3) is 0.882. The van der Waals surface area contributed by atoms with Gasteiger partial charge in [-0.25, -0.2) is 0 Å². The van der Waals surface area contributed by atoms with Crippen LogP contribution < -0.4 is 0 Å². The molecule has 3 aliphatic rings. The number of carboxylic acids is 1. The summed E-state index contributed by atoms with van der Waals surface area (Å²) in [6.45, 7) is 3.40. The van der Waals surface area contributed by atoms with Gasteiger partial charge in [-0.3, -0.25) is 9.59 Å². The van der Waals surface area contributed by atoms with E-state index in [1.807, 2.05) is 4.90 Å². The van der Waals surface area contributed by atoms with Crippen LogP contribution in [0.3, 0.4) is 0 Å².